The van der Waals surface area contributed by atoms with Crippen LogP contribution in [0.1, 0.15) is 31.4 Å². The smallest absolute Gasteiger partial charge is 0.315 e. The molecule has 2 amide bonds. The summed E-state index contributed by atoms with van der Waals surface area (Å²) in [6, 6.07) is 5.48. The minimum Gasteiger partial charge on any atom is -0.339 e. The van der Waals surface area contributed by atoms with Crippen LogP contribution in [0.25, 0.3) is 0 Å². The zero-order chi connectivity index (χ0) is 16.8. The Balaban J connectivity index is 1.53. The van der Waals surface area contributed by atoms with E-state index in [2.05, 4.69) is 30.5 Å². The van der Waals surface area contributed by atoms with Crippen molar-refractivity contribution in [1.82, 2.24) is 25.6 Å². The number of amides is 2. The summed E-state index contributed by atoms with van der Waals surface area (Å²) < 4.78 is 0. The highest BCUT2D eigenvalue weighted by molar-refractivity contribution is 5.74. The molecule has 2 atom stereocenters. The van der Waals surface area contributed by atoms with Crippen LogP contribution in [-0.4, -0.2) is 40.1 Å². The molecule has 0 radical (unpaired) electrons. The average molecular weight is 326 g/mol. The van der Waals surface area contributed by atoms with Crippen LogP contribution in [0, 0.1) is 0 Å². The van der Waals surface area contributed by atoms with Gasteiger partial charge in [-0.1, -0.05) is 0 Å². The van der Waals surface area contributed by atoms with Gasteiger partial charge in [0.25, 0.3) is 0 Å². The van der Waals surface area contributed by atoms with Crippen molar-refractivity contribution in [2.75, 3.05) is 18.0 Å². The number of anilines is 1. The molecular weight excluding hydrogens is 304 g/mol. The molecule has 1 aliphatic rings. The number of hydrogen-bond donors (Lipinski definition) is 2. The molecule has 2 aromatic heterocycles. The van der Waals surface area contributed by atoms with Crippen molar-refractivity contribution in [2.45, 2.75) is 31.8 Å². The van der Waals surface area contributed by atoms with Gasteiger partial charge in [-0.2, -0.15) is 0 Å². The molecule has 1 aliphatic heterocycles. The van der Waals surface area contributed by atoms with Gasteiger partial charge in [-0.25, -0.2) is 14.8 Å². The summed E-state index contributed by atoms with van der Waals surface area (Å²) in [5.74, 6) is 0.717. The Morgan fingerprint density at radius 3 is 2.75 bits per heavy atom. The highest BCUT2D eigenvalue weighted by Gasteiger charge is 2.23. The Bertz CT molecular complexity index is 651. The third kappa shape index (κ3) is 4.18. The molecule has 0 aliphatic carbocycles. The van der Waals surface area contributed by atoms with Gasteiger partial charge in [0.05, 0.1) is 6.04 Å². The molecule has 2 N–H and O–H groups in total. The minimum absolute atomic E-state index is 0.0647. The zero-order valence-corrected chi connectivity index (χ0v) is 13.7. The molecule has 0 saturated carbocycles. The summed E-state index contributed by atoms with van der Waals surface area (Å²) in [5.41, 5.74) is 1.03. The molecule has 7 nitrogen and oxygen atoms in total. The summed E-state index contributed by atoms with van der Waals surface area (Å²) in [4.78, 5) is 26.9. The predicted octanol–water partition coefficient (Wildman–Crippen LogP) is 1.90. The fourth-order valence-electron chi connectivity index (χ4n) is 2.89. The zero-order valence-electron chi connectivity index (χ0n) is 13.7. The number of rotatable bonds is 4. The van der Waals surface area contributed by atoms with Crippen LogP contribution in [0.4, 0.5) is 10.7 Å². The van der Waals surface area contributed by atoms with Gasteiger partial charge in [-0.05, 0) is 43.5 Å². The van der Waals surface area contributed by atoms with E-state index < -0.39 is 0 Å². The van der Waals surface area contributed by atoms with Crippen molar-refractivity contribution >= 4 is 12.0 Å². The maximum atomic E-state index is 12.3. The maximum absolute atomic E-state index is 12.3. The Morgan fingerprint density at radius 2 is 2.00 bits per heavy atom. The molecule has 0 bridgehead atoms. The van der Waals surface area contributed by atoms with Gasteiger partial charge in [-0.15, -0.1) is 0 Å². The first kappa shape index (κ1) is 16.2. The average Bonchev–Trinajstić information content (AvgIpc) is 2.63. The Hall–Kier alpha value is -2.70. The van der Waals surface area contributed by atoms with E-state index in [1.807, 2.05) is 19.1 Å². The normalized spacial score (nSPS) is 18.7. The lowest BCUT2D eigenvalue weighted by molar-refractivity contribution is 0.232. The molecule has 3 rings (SSSR count). The van der Waals surface area contributed by atoms with Crippen LogP contribution in [0.3, 0.4) is 0 Å². The van der Waals surface area contributed by atoms with Crippen LogP contribution in [-0.2, 0) is 0 Å². The Morgan fingerprint density at radius 1 is 1.25 bits per heavy atom. The highest BCUT2D eigenvalue weighted by Crippen LogP contribution is 2.15. The summed E-state index contributed by atoms with van der Waals surface area (Å²) in [6.45, 7) is 3.60. The third-order valence-electron chi connectivity index (χ3n) is 4.15. The van der Waals surface area contributed by atoms with E-state index in [0.717, 1.165) is 37.4 Å². The van der Waals surface area contributed by atoms with E-state index in [4.69, 9.17) is 0 Å². The van der Waals surface area contributed by atoms with Gasteiger partial charge in [0, 0.05) is 43.9 Å². The first-order valence-corrected chi connectivity index (χ1v) is 8.21. The lowest BCUT2D eigenvalue weighted by Crippen LogP contribution is -2.51. The number of aromatic nitrogens is 3. The van der Waals surface area contributed by atoms with Gasteiger partial charge in [0.1, 0.15) is 0 Å². The fraction of sp³-hybridized carbons (Fsp3) is 0.412. The van der Waals surface area contributed by atoms with E-state index >= 15 is 0 Å². The summed E-state index contributed by atoms with van der Waals surface area (Å²) in [6.07, 6.45) is 8.89. The van der Waals surface area contributed by atoms with Gasteiger partial charge >= 0.3 is 6.03 Å². The molecule has 126 valence electrons. The number of carbonyl (C=O) groups excluding carboxylic acids is 1. The van der Waals surface area contributed by atoms with Crippen LogP contribution < -0.4 is 15.5 Å². The molecule has 0 spiro atoms. The molecular formula is C17H22N6O. The number of pyridine rings is 1. The van der Waals surface area contributed by atoms with Crippen LogP contribution in [0.15, 0.2) is 43.0 Å². The van der Waals surface area contributed by atoms with Crippen LogP contribution >= 0.6 is 0 Å². The van der Waals surface area contributed by atoms with Crippen LogP contribution in [0.5, 0.6) is 0 Å². The topological polar surface area (TPSA) is 83.0 Å². The highest BCUT2D eigenvalue weighted by atomic mass is 16.2. The number of carbonyl (C=O) groups is 1. The molecule has 3 heterocycles. The lowest BCUT2D eigenvalue weighted by Gasteiger charge is -2.33. The van der Waals surface area contributed by atoms with Gasteiger partial charge < -0.3 is 15.5 Å². The number of nitrogens with one attached hydrogen (secondary N) is 2. The Labute approximate surface area is 141 Å². The van der Waals surface area contributed by atoms with Crippen molar-refractivity contribution in [3.8, 4) is 0 Å². The van der Waals surface area contributed by atoms with Crippen molar-refractivity contribution in [3.05, 3.63) is 48.5 Å². The van der Waals surface area contributed by atoms with Crippen molar-refractivity contribution in [3.63, 3.8) is 0 Å². The first-order chi connectivity index (χ1) is 11.7. The second-order valence-electron chi connectivity index (χ2n) is 5.95. The third-order valence-corrected chi connectivity index (χ3v) is 4.15. The molecule has 0 aromatic carbocycles. The first-order valence-electron chi connectivity index (χ1n) is 8.21. The van der Waals surface area contributed by atoms with Crippen LogP contribution in [0.2, 0.25) is 0 Å². The van der Waals surface area contributed by atoms with Gasteiger partial charge in [0.2, 0.25) is 5.95 Å². The molecule has 1 saturated heterocycles. The summed E-state index contributed by atoms with van der Waals surface area (Å²) >= 11 is 0. The SMILES string of the molecule is C[C@@H](NC(=O)N[C@H]1CCCN(c2ncccn2)C1)c1ccncc1. The summed E-state index contributed by atoms with van der Waals surface area (Å²) in [5, 5.41) is 6.03. The van der Waals surface area contributed by atoms with E-state index in [9.17, 15) is 4.79 Å². The Kier molecular flexibility index (Phi) is 5.20. The number of urea groups is 1. The minimum atomic E-state index is -0.153. The number of nitrogens with zero attached hydrogens (tertiary/aromatic N) is 4. The van der Waals surface area contributed by atoms with Gasteiger partial charge in [-0.3, -0.25) is 4.98 Å². The van der Waals surface area contributed by atoms with E-state index in [-0.39, 0.29) is 18.1 Å². The van der Waals surface area contributed by atoms with Crippen molar-refractivity contribution < 1.29 is 4.79 Å². The quantitative estimate of drug-likeness (QED) is 0.896. The largest absolute Gasteiger partial charge is 0.339 e. The number of hydrogen-bond acceptors (Lipinski definition) is 5. The standard InChI is InChI=1S/C17H22N6O/c1-13(14-5-9-18-10-6-14)21-17(24)22-15-4-2-11-23(12-15)16-19-7-3-8-20-16/h3,5-10,13,15H,2,4,11-12H2,1H3,(H2,21,22,24)/t13-,15+/m1/s1. The second kappa shape index (κ2) is 7.72. The molecule has 0 unspecified atom stereocenters. The fourth-order valence-corrected chi connectivity index (χ4v) is 2.89. The van der Waals surface area contributed by atoms with E-state index in [1.165, 1.54) is 0 Å². The molecule has 24 heavy (non-hydrogen) atoms. The maximum Gasteiger partial charge on any atom is 0.315 e. The second-order valence-corrected chi connectivity index (χ2v) is 5.95. The summed E-state index contributed by atoms with van der Waals surface area (Å²) in [7, 11) is 0. The van der Waals surface area contributed by atoms with Gasteiger partial charge in [0.15, 0.2) is 0 Å². The molecule has 1 fully saturated rings. The number of piperidine rings is 1. The molecule has 7 heteroatoms. The monoisotopic (exact) mass is 326 g/mol. The van der Waals surface area contributed by atoms with Crippen molar-refractivity contribution in [1.29, 1.82) is 0 Å². The molecule has 2 aromatic rings. The predicted molar refractivity (Wildman–Crippen MR) is 91.6 cm³/mol. The lowest BCUT2D eigenvalue weighted by atomic mass is 10.1. The van der Waals surface area contributed by atoms with E-state index in [1.54, 1.807) is 30.9 Å². The van der Waals surface area contributed by atoms with Crippen molar-refractivity contribution in [2.24, 2.45) is 0 Å². The van der Waals surface area contributed by atoms with E-state index in [0.29, 0.717) is 0 Å².